The number of rotatable bonds is 4. The lowest BCUT2D eigenvalue weighted by Crippen LogP contribution is -1.94. The lowest BCUT2D eigenvalue weighted by molar-refractivity contribution is 0.271. The van der Waals surface area contributed by atoms with E-state index >= 15 is 0 Å². The van der Waals surface area contributed by atoms with E-state index in [-0.39, 0.29) is 0 Å². The Hall–Kier alpha value is -3.68. The summed E-state index contributed by atoms with van der Waals surface area (Å²) < 4.78 is 13.3. The highest BCUT2D eigenvalue weighted by Gasteiger charge is 2.14. The van der Waals surface area contributed by atoms with Gasteiger partial charge in [0.2, 0.25) is 5.82 Å². The minimum Gasteiger partial charge on any atom is -0.486 e. The van der Waals surface area contributed by atoms with E-state index in [1.807, 2.05) is 38.1 Å². The molecule has 4 heterocycles. The molecule has 0 atom stereocenters. The molecular formula is C19H16N6O2. The highest BCUT2D eigenvalue weighted by molar-refractivity contribution is 5.88. The van der Waals surface area contributed by atoms with Crippen LogP contribution in [0.15, 0.2) is 47.3 Å². The summed E-state index contributed by atoms with van der Waals surface area (Å²) in [5, 5.41) is 12.1. The minimum atomic E-state index is 0.337. The van der Waals surface area contributed by atoms with Crippen molar-refractivity contribution in [3.8, 4) is 17.3 Å². The molecule has 0 aliphatic carbocycles. The van der Waals surface area contributed by atoms with Gasteiger partial charge in [-0.3, -0.25) is 5.10 Å². The van der Waals surface area contributed by atoms with Crippen LogP contribution >= 0.6 is 0 Å². The lowest BCUT2D eigenvalue weighted by atomic mass is 10.1. The van der Waals surface area contributed by atoms with Crippen LogP contribution in [0, 0.1) is 13.8 Å². The number of nitrogens with one attached hydrogen (secondary N) is 1. The number of hydrogen-bond acceptors (Lipinski definition) is 6. The van der Waals surface area contributed by atoms with Gasteiger partial charge in [-0.25, -0.2) is 14.5 Å². The van der Waals surface area contributed by atoms with E-state index in [1.165, 1.54) is 11.1 Å². The zero-order valence-electron chi connectivity index (χ0n) is 14.8. The number of fused-ring (bicyclic) bond motifs is 3. The number of ether oxygens (including phenoxy) is 1. The van der Waals surface area contributed by atoms with Crippen molar-refractivity contribution in [2.75, 3.05) is 0 Å². The molecule has 1 aromatic carbocycles. The zero-order chi connectivity index (χ0) is 18.4. The summed E-state index contributed by atoms with van der Waals surface area (Å²) in [6.07, 6.45) is 3.28. The van der Waals surface area contributed by atoms with Gasteiger partial charge in [0.05, 0.1) is 11.6 Å². The number of hydrogen-bond donors (Lipinski definition) is 1. The predicted octanol–water partition coefficient (Wildman–Crippen LogP) is 3.46. The molecule has 0 aliphatic rings. The molecule has 0 radical (unpaired) electrons. The molecule has 134 valence electrons. The van der Waals surface area contributed by atoms with Crippen molar-refractivity contribution in [1.29, 1.82) is 0 Å². The summed E-state index contributed by atoms with van der Waals surface area (Å²) in [6.45, 7) is 4.43. The third-order valence-electron chi connectivity index (χ3n) is 4.25. The molecule has 5 rings (SSSR count). The van der Waals surface area contributed by atoms with Gasteiger partial charge in [0.25, 0.3) is 0 Å². The van der Waals surface area contributed by atoms with Crippen LogP contribution in [0.5, 0.6) is 5.75 Å². The van der Waals surface area contributed by atoms with Gasteiger partial charge >= 0.3 is 0 Å². The first-order valence-corrected chi connectivity index (χ1v) is 8.50. The molecule has 0 unspecified atom stereocenters. The van der Waals surface area contributed by atoms with Crippen LogP contribution in [0.3, 0.4) is 0 Å². The topological polar surface area (TPSA) is 94.1 Å². The second-order valence-electron chi connectivity index (χ2n) is 6.46. The predicted molar refractivity (Wildman–Crippen MR) is 98.4 cm³/mol. The average molecular weight is 360 g/mol. The van der Waals surface area contributed by atoms with Crippen molar-refractivity contribution in [1.82, 2.24) is 29.8 Å². The molecule has 4 aromatic heterocycles. The molecule has 0 saturated heterocycles. The molecule has 0 saturated carbocycles. The third kappa shape index (κ3) is 2.80. The SMILES string of the molecule is Cc1cc(C)cc(OCc2ccc(-c3nc4c5cn[nH]c5ncn4n3)o2)c1. The first-order chi connectivity index (χ1) is 13.2. The summed E-state index contributed by atoms with van der Waals surface area (Å²) in [5.74, 6) is 2.59. The van der Waals surface area contributed by atoms with Gasteiger partial charge in [-0.05, 0) is 49.2 Å². The Kier molecular flexibility index (Phi) is 3.43. The summed E-state index contributed by atoms with van der Waals surface area (Å²) >= 11 is 0. The maximum atomic E-state index is 5.87. The summed E-state index contributed by atoms with van der Waals surface area (Å²) in [7, 11) is 0. The lowest BCUT2D eigenvalue weighted by Gasteiger charge is -2.06. The minimum absolute atomic E-state index is 0.337. The molecule has 8 heteroatoms. The smallest absolute Gasteiger partial charge is 0.217 e. The van der Waals surface area contributed by atoms with E-state index in [0.29, 0.717) is 35.2 Å². The van der Waals surface area contributed by atoms with Gasteiger partial charge in [-0.2, -0.15) is 5.10 Å². The number of aryl methyl sites for hydroxylation is 2. The second kappa shape index (κ2) is 5.94. The van der Waals surface area contributed by atoms with E-state index in [1.54, 1.807) is 17.0 Å². The quantitative estimate of drug-likeness (QED) is 0.527. The van der Waals surface area contributed by atoms with Gasteiger partial charge in [0.15, 0.2) is 17.1 Å². The van der Waals surface area contributed by atoms with Crippen molar-refractivity contribution in [3.63, 3.8) is 0 Å². The van der Waals surface area contributed by atoms with Crippen LogP contribution in [0.25, 0.3) is 28.3 Å². The Morgan fingerprint density at radius 3 is 2.85 bits per heavy atom. The molecule has 5 aromatic rings. The molecule has 1 N–H and O–H groups in total. The number of H-pyrrole nitrogens is 1. The fourth-order valence-corrected chi connectivity index (χ4v) is 3.09. The van der Waals surface area contributed by atoms with Crippen molar-refractivity contribution in [2.45, 2.75) is 20.5 Å². The monoisotopic (exact) mass is 360 g/mol. The van der Waals surface area contributed by atoms with Gasteiger partial charge in [-0.1, -0.05) is 6.07 Å². The van der Waals surface area contributed by atoms with E-state index in [4.69, 9.17) is 9.15 Å². The maximum absolute atomic E-state index is 5.87. The Bertz CT molecular complexity index is 1250. The van der Waals surface area contributed by atoms with Crippen LogP contribution in [-0.2, 0) is 6.61 Å². The molecule has 0 fully saturated rings. The standard InChI is InChI=1S/C19H16N6O2/c1-11-5-12(2)7-14(6-11)26-9-13-3-4-16(27-13)18-22-19-15-8-21-23-17(15)20-10-25(19)24-18/h3-8,10H,9H2,1-2H3,(H,21,23). The van der Waals surface area contributed by atoms with Crippen LogP contribution in [0.1, 0.15) is 16.9 Å². The Labute approximate surface area is 153 Å². The van der Waals surface area contributed by atoms with Gasteiger partial charge in [-0.15, -0.1) is 5.10 Å². The third-order valence-corrected chi connectivity index (χ3v) is 4.25. The van der Waals surface area contributed by atoms with E-state index in [9.17, 15) is 0 Å². The number of aromatic nitrogens is 6. The van der Waals surface area contributed by atoms with Gasteiger partial charge in [0.1, 0.15) is 24.4 Å². The van der Waals surface area contributed by atoms with Crippen molar-refractivity contribution in [2.24, 2.45) is 0 Å². The van der Waals surface area contributed by atoms with Crippen molar-refractivity contribution >= 4 is 16.7 Å². The highest BCUT2D eigenvalue weighted by atomic mass is 16.5. The van der Waals surface area contributed by atoms with Crippen LogP contribution < -0.4 is 4.74 Å². The second-order valence-corrected chi connectivity index (χ2v) is 6.46. The molecule has 0 aliphatic heterocycles. The average Bonchev–Trinajstić information content (AvgIpc) is 3.36. The molecule has 27 heavy (non-hydrogen) atoms. The number of furan rings is 1. The Morgan fingerprint density at radius 2 is 2.00 bits per heavy atom. The zero-order valence-corrected chi connectivity index (χ0v) is 14.8. The van der Waals surface area contributed by atoms with Crippen LogP contribution in [-0.4, -0.2) is 29.8 Å². The summed E-state index contributed by atoms with van der Waals surface area (Å²) in [4.78, 5) is 8.81. The van der Waals surface area contributed by atoms with Crippen LogP contribution in [0.4, 0.5) is 0 Å². The van der Waals surface area contributed by atoms with E-state index < -0.39 is 0 Å². The molecule has 8 nitrogen and oxygen atoms in total. The summed E-state index contributed by atoms with van der Waals surface area (Å²) in [5.41, 5.74) is 3.67. The molecule has 0 amide bonds. The Balaban J connectivity index is 1.40. The first kappa shape index (κ1) is 15.6. The fourth-order valence-electron chi connectivity index (χ4n) is 3.09. The van der Waals surface area contributed by atoms with E-state index in [0.717, 1.165) is 11.1 Å². The van der Waals surface area contributed by atoms with Gasteiger partial charge < -0.3 is 9.15 Å². The number of nitrogens with zero attached hydrogens (tertiary/aromatic N) is 5. The Morgan fingerprint density at radius 1 is 1.15 bits per heavy atom. The highest BCUT2D eigenvalue weighted by Crippen LogP contribution is 2.23. The molecule has 0 spiro atoms. The van der Waals surface area contributed by atoms with Crippen molar-refractivity contribution < 1.29 is 9.15 Å². The number of aromatic amines is 1. The van der Waals surface area contributed by atoms with Crippen molar-refractivity contribution in [3.05, 3.63) is 59.7 Å². The molecule has 0 bridgehead atoms. The molecular weight excluding hydrogens is 344 g/mol. The maximum Gasteiger partial charge on any atom is 0.217 e. The van der Waals surface area contributed by atoms with E-state index in [2.05, 4.69) is 31.3 Å². The first-order valence-electron chi connectivity index (χ1n) is 8.50. The van der Waals surface area contributed by atoms with Crippen LogP contribution in [0.2, 0.25) is 0 Å². The largest absolute Gasteiger partial charge is 0.486 e. The number of benzene rings is 1. The normalized spacial score (nSPS) is 11.5. The van der Waals surface area contributed by atoms with Gasteiger partial charge in [0, 0.05) is 0 Å². The summed E-state index contributed by atoms with van der Waals surface area (Å²) in [6, 6.07) is 9.83. The fraction of sp³-hybridized carbons (Fsp3) is 0.158.